The summed E-state index contributed by atoms with van der Waals surface area (Å²) in [6.45, 7) is 6.59. The molecule has 18 heavy (non-hydrogen) atoms. The molecule has 0 radical (unpaired) electrons. The van der Waals surface area contributed by atoms with Gasteiger partial charge in [0.15, 0.2) is 5.82 Å². The van der Waals surface area contributed by atoms with Gasteiger partial charge in [-0.15, -0.1) is 10.2 Å². The van der Waals surface area contributed by atoms with E-state index in [4.69, 9.17) is 17.3 Å². The van der Waals surface area contributed by atoms with E-state index in [2.05, 4.69) is 28.6 Å². The van der Waals surface area contributed by atoms with Crippen LogP contribution in [-0.2, 0) is 6.54 Å². The third-order valence-electron chi connectivity index (χ3n) is 2.91. The fraction of sp³-hybridized carbons (Fsp3) is 0.385. The van der Waals surface area contributed by atoms with Crippen molar-refractivity contribution in [2.75, 3.05) is 0 Å². The molecule has 0 fully saturated rings. The second kappa shape index (κ2) is 5.08. The molecular formula is C13H17ClN4. The molecule has 0 bridgehead atoms. The highest BCUT2D eigenvalue weighted by molar-refractivity contribution is 6.30. The number of aryl methyl sites for hydroxylation is 1. The first-order valence-electron chi connectivity index (χ1n) is 5.95. The molecule has 2 rings (SSSR count). The molecule has 1 aromatic heterocycles. The first-order valence-corrected chi connectivity index (χ1v) is 6.32. The average Bonchev–Trinajstić information content (AvgIpc) is 2.75. The number of aromatic nitrogens is 3. The predicted molar refractivity (Wildman–Crippen MR) is 73.5 cm³/mol. The van der Waals surface area contributed by atoms with Crippen LogP contribution >= 0.6 is 11.6 Å². The Morgan fingerprint density at radius 3 is 2.67 bits per heavy atom. The summed E-state index contributed by atoms with van der Waals surface area (Å²) in [5.74, 6) is 1.62. The van der Waals surface area contributed by atoms with Gasteiger partial charge in [0.05, 0.1) is 6.54 Å². The summed E-state index contributed by atoms with van der Waals surface area (Å²) in [5, 5.41) is 9.10. The fourth-order valence-electron chi connectivity index (χ4n) is 2.02. The van der Waals surface area contributed by atoms with Crippen molar-refractivity contribution < 1.29 is 0 Å². The second-order valence-corrected chi connectivity index (χ2v) is 5.00. The normalized spacial score (nSPS) is 11.2. The quantitative estimate of drug-likeness (QED) is 0.927. The third kappa shape index (κ3) is 2.26. The second-order valence-electron chi connectivity index (χ2n) is 4.57. The first kappa shape index (κ1) is 13.1. The van der Waals surface area contributed by atoms with E-state index in [0.717, 1.165) is 22.8 Å². The number of hydrogen-bond donors (Lipinski definition) is 1. The van der Waals surface area contributed by atoms with Crippen molar-refractivity contribution in [2.24, 2.45) is 5.73 Å². The van der Waals surface area contributed by atoms with Crippen LogP contribution in [0.15, 0.2) is 18.2 Å². The van der Waals surface area contributed by atoms with Gasteiger partial charge in [-0.25, -0.2) is 0 Å². The number of halogens is 1. The summed E-state index contributed by atoms with van der Waals surface area (Å²) < 4.78 is 2.05. The summed E-state index contributed by atoms with van der Waals surface area (Å²) in [5.41, 5.74) is 7.82. The molecule has 1 heterocycles. The van der Waals surface area contributed by atoms with E-state index in [1.807, 2.05) is 25.1 Å². The van der Waals surface area contributed by atoms with E-state index in [0.29, 0.717) is 11.6 Å². The number of hydrogen-bond acceptors (Lipinski definition) is 3. The molecule has 0 aliphatic carbocycles. The van der Waals surface area contributed by atoms with Crippen molar-refractivity contribution in [1.82, 2.24) is 14.8 Å². The van der Waals surface area contributed by atoms with Crippen LogP contribution in [0.2, 0.25) is 5.02 Å². The Morgan fingerprint density at radius 1 is 1.33 bits per heavy atom. The number of benzene rings is 1. The molecule has 0 saturated carbocycles. The summed E-state index contributed by atoms with van der Waals surface area (Å²) >= 11 is 6.06. The smallest absolute Gasteiger partial charge is 0.164 e. The van der Waals surface area contributed by atoms with Crippen LogP contribution in [0.25, 0.3) is 11.4 Å². The Kier molecular flexibility index (Phi) is 3.68. The molecule has 0 atom stereocenters. The lowest BCUT2D eigenvalue weighted by Crippen LogP contribution is -2.11. The maximum atomic E-state index is 6.06. The van der Waals surface area contributed by atoms with Crippen molar-refractivity contribution in [3.8, 4) is 11.4 Å². The van der Waals surface area contributed by atoms with Gasteiger partial charge < -0.3 is 10.3 Å². The lowest BCUT2D eigenvalue weighted by atomic mass is 10.1. The van der Waals surface area contributed by atoms with Gasteiger partial charge in [-0.1, -0.05) is 17.7 Å². The van der Waals surface area contributed by atoms with Crippen LogP contribution in [0, 0.1) is 6.92 Å². The van der Waals surface area contributed by atoms with Gasteiger partial charge in [0, 0.05) is 16.6 Å². The molecule has 4 nitrogen and oxygen atoms in total. The van der Waals surface area contributed by atoms with Gasteiger partial charge in [-0.05, 0) is 38.5 Å². The Balaban J connectivity index is 2.63. The Morgan fingerprint density at radius 2 is 2.06 bits per heavy atom. The first-order chi connectivity index (χ1) is 8.54. The SMILES string of the molecule is Cc1ccc(Cl)cc1-c1nnc(CN)n1C(C)C. The van der Waals surface area contributed by atoms with Crippen LogP contribution in [0.5, 0.6) is 0 Å². The van der Waals surface area contributed by atoms with Crippen LogP contribution < -0.4 is 5.73 Å². The largest absolute Gasteiger partial charge is 0.324 e. The molecule has 0 aliphatic heterocycles. The van der Waals surface area contributed by atoms with Crippen LogP contribution in [0.1, 0.15) is 31.3 Å². The molecule has 1 aromatic carbocycles. The lowest BCUT2D eigenvalue weighted by Gasteiger charge is -2.14. The summed E-state index contributed by atoms with van der Waals surface area (Å²) in [4.78, 5) is 0. The van der Waals surface area contributed by atoms with Crippen molar-refractivity contribution in [3.63, 3.8) is 0 Å². The van der Waals surface area contributed by atoms with Crippen LogP contribution in [0.3, 0.4) is 0 Å². The summed E-state index contributed by atoms with van der Waals surface area (Å²) in [6, 6.07) is 6.03. The molecule has 0 amide bonds. The molecule has 0 saturated heterocycles. The van der Waals surface area contributed by atoms with Crippen LogP contribution in [0.4, 0.5) is 0 Å². The lowest BCUT2D eigenvalue weighted by molar-refractivity contribution is 0.574. The van der Waals surface area contributed by atoms with E-state index in [1.165, 1.54) is 0 Å². The molecular weight excluding hydrogens is 248 g/mol. The van der Waals surface area contributed by atoms with E-state index < -0.39 is 0 Å². The minimum atomic E-state index is 0.256. The molecule has 0 unspecified atom stereocenters. The van der Waals surface area contributed by atoms with Crippen LogP contribution in [-0.4, -0.2) is 14.8 Å². The Bertz CT molecular complexity index is 560. The van der Waals surface area contributed by atoms with Crippen molar-refractivity contribution >= 4 is 11.6 Å². The highest BCUT2D eigenvalue weighted by Gasteiger charge is 2.16. The van der Waals surface area contributed by atoms with E-state index in [-0.39, 0.29) is 6.04 Å². The zero-order chi connectivity index (χ0) is 13.3. The monoisotopic (exact) mass is 264 g/mol. The van der Waals surface area contributed by atoms with Crippen molar-refractivity contribution in [1.29, 1.82) is 0 Å². The number of nitrogens with two attached hydrogens (primary N) is 1. The number of nitrogens with zero attached hydrogens (tertiary/aromatic N) is 3. The van der Waals surface area contributed by atoms with E-state index in [9.17, 15) is 0 Å². The Hall–Kier alpha value is -1.39. The summed E-state index contributed by atoms with van der Waals surface area (Å²) in [7, 11) is 0. The van der Waals surface area contributed by atoms with Gasteiger partial charge in [-0.3, -0.25) is 0 Å². The van der Waals surface area contributed by atoms with Crippen molar-refractivity contribution in [3.05, 3.63) is 34.6 Å². The zero-order valence-corrected chi connectivity index (χ0v) is 11.6. The maximum Gasteiger partial charge on any atom is 0.164 e. The molecule has 2 aromatic rings. The standard InChI is InChI=1S/C13H17ClN4/c1-8(2)18-12(7-15)16-17-13(18)11-6-10(14)5-4-9(11)3/h4-6,8H,7,15H2,1-3H3. The maximum absolute atomic E-state index is 6.06. The van der Waals surface area contributed by atoms with Gasteiger partial charge in [0.2, 0.25) is 0 Å². The van der Waals surface area contributed by atoms with Gasteiger partial charge in [0.1, 0.15) is 5.82 Å². The molecule has 96 valence electrons. The minimum Gasteiger partial charge on any atom is -0.324 e. The van der Waals surface area contributed by atoms with E-state index in [1.54, 1.807) is 0 Å². The average molecular weight is 265 g/mol. The fourth-order valence-corrected chi connectivity index (χ4v) is 2.20. The molecule has 0 spiro atoms. The van der Waals surface area contributed by atoms with E-state index >= 15 is 0 Å². The highest BCUT2D eigenvalue weighted by atomic mass is 35.5. The zero-order valence-electron chi connectivity index (χ0n) is 10.8. The third-order valence-corrected chi connectivity index (χ3v) is 3.14. The van der Waals surface area contributed by atoms with Crippen molar-refractivity contribution in [2.45, 2.75) is 33.4 Å². The summed E-state index contributed by atoms with van der Waals surface area (Å²) in [6.07, 6.45) is 0. The Labute approximate surface area is 112 Å². The van der Waals surface area contributed by atoms with Gasteiger partial charge in [0.25, 0.3) is 0 Å². The predicted octanol–water partition coefficient (Wildman–Crippen LogP) is 2.95. The van der Waals surface area contributed by atoms with Gasteiger partial charge in [-0.2, -0.15) is 0 Å². The minimum absolute atomic E-state index is 0.256. The van der Waals surface area contributed by atoms with Gasteiger partial charge >= 0.3 is 0 Å². The molecule has 0 aliphatic rings. The number of rotatable bonds is 3. The highest BCUT2D eigenvalue weighted by Crippen LogP contribution is 2.27. The molecule has 2 N–H and O–H groups in total. The molecule has 5 heteroatoms. The topological polar surface area (TPSA) is 56.7 Å².